The van der Waals surface area contributed by atoms with Crippen LogP contribution in [0.2, 0.25) is 5.02 Å². The Morgan fingerprint density at radius 3 is 2.77 bits per heavy atom. The maximum Gasteiger partial charge on any atom is 0.311 e. The average Bonchev–Trinajstić information content (AvgIpc) is 3.11. The molecular formula is C22H22BrClN2O4. The summed E-state index contributed by atoms with van der Waals surface area (Å²) >= 11 is 9.39. The quantitative estimate of drug-likeness (QED) is 0.601. The van der Waals surface area contributed by atoms with Gasteiger partial charge in [-0.15, -0.1) is 0 Å². The van der Waals surface area contributed by atoms with E-state index in [1.807, 2.05) is 38.1 Å². The van der Waals surface area contributed by atoms with Crippen molar-refractivity contribution in [2.75, 3.05) is 23.4 Å². The van der Waals surface area contributed by atoms with Gasteiger partial charge in [0.1, 0.15) is 0 Å². The van der Waals surface area contributed by atoms with Crippen molar-refractivity contribution >= 4 is 56.7 Å². The number of rotatable bonds is 6. The highest BCUT2D eigenvalue weighted by Crippen LogP contribution is 2.30. The van der Waals surface area contributed by atoms with Gasteiger partial charge in [0.05, 0.1) is 10.9 Å². The zero-order chi connectivity index (χ0) is 21.8. The third kappa shape index (κ3) is 5.02. The maximum atomic E-state index is 12.5. The van der Waals surface area contributed by atoms with Gasteiger partial charge in [-0.3, -0.25) is 14.4 Å². The number of esters is 1. The van der Waals surface area contributed by atoms with Gasteiger partial charge in [0.25, 0.3) is 5.91 Å². The predicted molar refractivity (Wildman–Crippen MR) is 120 cm³/mol. The number of para-hydroxylation sites is 1. The minimum Gasteiger partial charge on any atom is -0.455 e. The van der Waals surface area contributed by atoms with Gasteiger partial charge in [-0.05, 0) is 58.6 Å². The molecule has 0 radical (unpaired) electrons. The Kier molecular flexibility index (Phi) is 7.15. The standard InChI is InChI=1S/C22H22BrClN2O4/c1-3-14-6-4-5-7-19(14)26-11-15(9-21(26)28)22(29)30-12-20(27)25-18-10-17(24)16(23)8-13(18)2/h4-8,10,15H,3,9,11-12H2,1-2H3,(H,25,27)/t15-/m0/s1. The van der Waals surface area contributed by atoms with E-state index in [1.54, 1.807) is 17.0 Å². The van der Waals surface area contributed by atoms with Crippen molar-refractivity contribution in [3.05, 3.63) is 57.0 Å². The van der Waals surface area contributed by atoms with Gasteiger partial charge in [-0.25, -0.2) is 0 Å². The predicted octanol–water partition coefficient (Wildman–Crippen LogP) is 4.51. The number of benzene rings is 2. The second-order valence-corrected chi connectivity index (χ2v) is 8.39. The van der Waals surface area contributed by atoms with Gasteiger partial charge in [0, 0.05) is 28.8 Å². The van der Waals surface area contributed by atoms with Crippen LogP contribution in [0.25, 0.3) is 0 Å². The van der Waals surface area contributed by atoms with E-state index >= 15 is 0 Å². The van der Waals surface area contributed by atoms with Crippen LogP contribution in [0.4, 0.5) is 11.4 Å². The molecule has 3 rings (SSSR count). The van der Waals surface area contributed by atoms with Crippen LogP contribution in [0, 0.1) is 12.8 Å². The number of hydrogen-bond donors (Lipinski definition) is 1. The van der Waals surface area contributed by atoms with Gasteiger partial charge in [0.2, 0.25) is 5.91 Å². The van der Waals surface area contributed by atoms with E-state index in [1.165, 1.54) is 0 Å². The Bertz CT molecular complexity index is 995. The van der Waals surface area contributed by atoms with E-state index in [0.717, 1.165) is 27.7 Å². The summed E-state index contributed by atoms with van der Waals surface area (Å²) in [7, 11) is 0. The molecule has 1 atom stereocenters. The summed E-state index contributed by atoms with van der Waals surface area (Å²) in [6.45, 7) is 3.67. The molecule has 30 heavy (non-hydrogen) atoms. The lowest BCUT2D eigenvalue weighted by Gasteiger charge is -2.19. The molecule has 0 aromatic heterocycles. The molecule has 1 N–H and O–H groups in total. The number of nitrogens with one attached hydrogen (secondary N) is 1. The zero-order valence-corrected chi connectivity index (χ0v) is 19.0. The number of ether oxygens (including phenoxy) is 1. The van der Waals surface area contributed by atoms with Crippen LogP contribution in [-0.2, 0) is 25.5 Å². The number of amides is 2. The lowest BCUT2D eigenvalue weighted by atomic mass is 10.1. The van der Waals surface area contributed by atoms with E-state index in [2.05, 4.69) is 21.2 Å². The summed E-state index contributed by atoms with van der Waals surface area (Å²) in [4.78, 5) is 38.7. The van der Waals surface area contributed by atoms with E-state index in [-0.39, 0.29) is 18.9 Å². The van der Waals surface area contributed by atoms with Gasteiger partial charge >= 0.3 is 5.97 Å². The van der Waals surface area contributed by atoms with Gasteiger partial charge < -0.3 is 15.0 Å². The summed E-state index contributed by atoms with van der Waals surface area (Å²) in [6, 6.07) is 11.1. The normalized spacial score (nSPS) is 15.9. The van der Waals surface area contributed by atoms with Crippen LogP contribution in [0.1, 0.15) is 24.5 Å². The molecule has 1 heterocycles. The van der Waals surface area contributed by atoms with Crippen LogP contribution in [0.3, 0.4) is 0 Å². The molecule has 0 unspecified atom stereocenters. The molecule has 2 amide bonds. The molecule has 2 aromatic rings. The number of hydrogen-bond acceptors (Lipinski definition) is 4. The van der Waals surface area contributed by atoms with Crippen molar-refractivity contribution in [3.63, 3.8) is 0 Å². The fourth-order valence-electron chi connectivity index (χ4n) is 3.39. The van der Waals surface area contributed by atoms with Crippen LogP contribution in [0.5, 0.6) is 0 Å². The first-order chi connectivity index (χ1) is 14.3. The van der Waals surface area contributed by atoms with E-state index in [9.17, 15) is 14.4 Å². The Balaban J connectivity index is 1.57. The summed E-state index contributed by atoms with van der Waals surface area (Å²) in [5.74, 6) is -1.75. The monoisotopic (exact) mass is 492 g/mol. The number of nitrogens with zero attached hydrogens (tertiary/aromatic N) is 1. The molecule has 0 bridgehead atoms. The fraction of sp³-hybridized carbons (Fsp3) is 0.318. The Hall–Kier alpha value is -2.38. The molecule has 0 spiro atoms. The molecule has 6 nitrogen and oxygen atoms in total. The molecule has 1 aliphatic heterocycles. The summed E-state index contributed by atoms with van der Waals surface area (Å²) < 4.78 is 5.90. The molecular weight excluding hydrogens is 472 g/mol. The first-order valence-corrected chi connectivity index (χ1v) is 10.8. The third-order valence-corrected chi connectivity index (χ3v) is 6.21. The third-order valence-electron chi connectivity index (χ3n) is 5.01. The largest absolute Gasteiger partial charge is 0.455 e. The van der Waals surface area contributed by atoms with Crippen molar-refractivity contribution in [2.24, 2.45) is 5.92 Å². The molecule has 1 saturated heterocycles. The number of halogens is 2. The Morgan fingerprint density at radius 1 is 1.30 bits per heavy atom. The molecule has 158 valence electrons. The maximum absolute atomic E-state index is 12.5. The van der Waals surface area contributed by atoms with Crippen molar-refractivity contribution < 1.29 is 19.1 Å². The van der Waals surface area contributed by atoms with Crippen molar-refractivity contribution in [1.29, 1.82) is 0 Å². The van der Waals surface area contributed by atoms with Crippen LogP contribution < -0.4 is 10.2 Å². The summed E-state index contributed by atoms with van der Waals surface area (Å²) in [5, 5.41) is 3.15. The van der Waals surface area contributed by atoms with E-state index < -0.39 is 24.4 Å². The highest BCUT2D eigenvalue weighted by molar-refractivity contribution is 9.10. The van der Waals surface area contributed by atoms with Gasteiger partial charge in [-0.2, -0.15) is 0 Å². The minimum atomic E-state index is -0.598. The van der Waals surface area contributed by atoms with E-state index in [4.69, 9.17) is 16.3 Å². The topological polar surface area (TPSA) is 75.7 Å². The average molecular weight is 494 g/mol. The molecule has 0 saturated carbocycles. The fourth-order valence-corrected chi connectivity index (χ4v) is 4.01. The van der Waals surface area contributed by atoms with Crippen LogP contribution in [-0.4, -0.2) is 30.9 Å². The van der Waals surface area contributed by atoms with Gasteiger partial charge in [0.15, 0.2) is 6.61 Å². The summed E-state index contributed by atoms with van der Waals surface area (Å²) in [6.07, 6.45) is 0.856. The highest BCUT2D eigenvalue weighted by atomic mass is 79.9. The Labute approximate surface area is 188 Å². The molecule has 2 aromatic carbocycles. The van der Waals surface area contributed by atoms with Crippen molar-refractivity contribution in [3.8, 4) is 0 Å². The molecule has 8 heteroatoms. The smallest absolute Gasteiger partial charge is 0.311 e. The second kappa shape index (κ2) is 9.62. The first kappa shape index (κ1) is 22.3. The van der Waals surface area contributed by atoms with Crippen molar-refractivity contribution in [2.45, 2.75) is 26.7 Å². The highest BCUT2D eigenvalue weighted by Gasteiger charge is 2.37. The van der Waals surface area contributed by atoms with Crippen LogP contribution in [0.15, 0.2) is 40.9 Å². The molecule has 1 fully saturated rings. The van der Waals surface area contributed by atoms with E-state index in [0.29, 0.717) is 10.7 Å². The SMILES string of the molecule is CCc1ccccc1N1C[C@@H](C(=O)OCC(=O)Nc2cc(Cl)c(Br)cc2C)CC1=O. The second-order valence-electron chi connectivity index (χ2n) is 7.12. The summed E-state index contributed by atoms with van der Waals surface area (Å²) in [5.41, 5.74) is 3.23. The first-order valence-electron chi connectivity index (χ1n) is 9.60. The lowest BCUT2D eigenvalue weighted by Crippen LogP contribution is -2.28. The van der Waals surface area contributed by atoms with Crippen molar-refractivity contribution in [1.82, 2.24) is 0 Å². The Morgan fingerprint density at radius 2 is 2.03 bits per heavy atom. The lowest BCUT2D eigenvalue weighted by molar-refractivity contribution is -0.151. The van der Waals surface area contributed by atoms with Crippen LogP contribution >= 0.6 is 27.5 Å². The number of carbonyl (C=O) groups excluding carboxylic acids is 3. The minimum absolute atomic E-state index is 0.0694. The number of anilines is 2. The molecule has 0 aliphatic carbocycles. The van der Waals surface area contributed by atoms with Gasteiger partial charge in [-0.1, -0.05) is 36.7 Å². The number of carbonyl (C=O) groups is 3. The molecule has 1 aliphatic rings. The zero-order valence-electron chi connectivity index (χ0n) is 16.7. The number of aryl methyl sites for hydroxylation is 2.